The number of nitro groups is 1. The second-order valence-electron chi connectivity index (χ2n) is 4.95. The van der Waals surface area contributed by atoms with E-state index in [1.54, 1.807) is 0 Å². The van der Waals surface area contributed by atoms with E-state index in [2.05, 4.69) is 10.4 Å². The van der Waals surface area contributed by atoms with E-state index in [1.807, 2.05) is 20.8 Å². The molecule has 1 amide bonds. The number of nitrogens with one attached hydrogen (secondary N) is 1. The third-order valence-corrected chi connectivity index (χ3v) is 3.24. The number of hydrogen-bond donors (Lipinski definition) is 2. The molecule has 3 N–H and O–H groups in total. The largest absolute Gasteiger partial charge is 0.389 e. The lowest BCUT2D eigenvalue weighted by Crippen LogP contribution is -2.55. The minimum absolute atomic E-state index is 0.0733. The van der Waals surface area contributed by atoms with Crippen LogP contribution < -0.4 is 11.1 Å². The van der Waals surface area contributed by atoms with E-state index in [4.69, 9.17) is 5.73 Å². The number of hydrogen-bond acceptors (Lipinski definition) is 5. The highest BCUT2D eigenvalue weighted by Gasteiger charge is 2.28. The van der Waals surface area contributed by atoms with Crippen molar-refractivity contribution in [3.8, 4) is 0 Å². The van der Waals surface area contributed by atoms with E-state index in [1.165, 1.54) is 16.9 Å². The van der Waals surface area contributed by atoms with Crippen LogP contribution in [0.3, 0.4) is 0 Å². The van der Waals surface area contributed by atoms with Crippen molar-refractivity contribution in [2.45, 2.75) is 32.9 Å². The Kier molecular flexibility index (Phi) is 4.60. The summed E-state index contributed by atoms with van der Waals surface area (Å²) in [6, 6.07) is 1.25. The van der Waals surface area contributed by atoms with E-state index in [0.29, 0.717) is 6.54 Å². The van der Waals surface area contributed by atoms with Crippen LogP contribution in [0.15, 0.2) is 12.3 Å². The first-order valence-electron chi connectivity index (χ1n) is 5.97. The van der Waals surface area contributed by atoms with Gasteiger partial charge in [-0.3, -0.25) is 4.79 Å². The Labute approximate surface area is 111 Å². The Bertz CT molecular complexity index is 471. The maximum atomic E-state index is 11.9. The van der Waals surface area contributed by atoms with Crippen LogP contribution in [0, 0.1) is 16.0 Å². The lowest BCUT2D eigenvalue weighted by molar-refractivity contribution is -0.389. The predicted octanol–water partition coefficient (Wildman–Crippen LogP) is 0.281. The summed E-state index contributed by atoms with van der Waals surface area (Å²) >= 11 is 0. The molecule has 0 aromatic carbocycles. The van der Waals surface area contributed by atoms with Gasteiger partial charge in [0.1, 0.15) is 6.54 Å². The van der Waals surface area contributed by atoms with Crippen LogP contribution in [-0.4, -0.2) is 32.7 Å². The standard InChI is InChI=1S/C11H19N5O3/c1-8(2)11(3,7-12)13-10(17)6-15-5-4-9(14-15)16(18)19/h4-5,8H,6-7,12H2,1-3H3,(H,13,17). The number of amides is 1. The van der Waals surface area contributed by atoms with Crippen molar-refractivity contribution in [2.24, 2.45) is 11.7 Å². The molecule has 19 heavy (non-hydrogen) atoms. The van der Waals surface area contributed by atoms with Crippen molar-refractivity contribution in [1.82, 2.24) is 15.1 Å². The fourth-order valence-electron chi connectivity index (χ4n) is 1.47. The third-order valence-electron chi connectivity index (χ3n) is 3.24. The van der Waals surface area contributed by atoms with Crippen molar-refractivity contribution < 1.29 is 9.72 Å². The van der Waals surface area contributed by atoms with E-state index in [0.717, 1.165) is 0 Å². The van der Waals surface area contributed by atoms with Crippen LogP contribution in [0.25, 0.3) is 0 Å². The Hall–Kier alpha value is -1.96. The summed E-state index contributed by atoms with van der Waals surface area (Å²) < 4.78 is 1.23. The average Bonchev–Trinajstić information content (AvgIpc) is 2.76. The molecular weight excluding hydrogens is 250 g/mol. The van der Waals surface area contributed by atoms with Crippen LogP contribution in [0.1, 0.15) is 20.8 Å². The number of nitrogens with two attached hydrogens (primary N) is 1. The maximum absolute atomic E-state index is 11.9. The average molecular weight is 269 g/mol. The topological polar surface area (TPSA) is 116 Å². The van der Waals surface area contributed by atoms with Crippen molar-refractivity contribution in [3.63, 3.8) is 0 Å². The Morgan fingerprint density at radius 1 is 1.68 bits per heavy atom. The molecule has 0 saturated carbocycles. The molecule has 1 aromatic heterocycles. The summed E-state index contributed by atoms with van der Waals surface area (Å²) in [4.78, 5) is 21.7. The van der Waals surface area contributed by atoms with Crippen molar-refractivity contribution in [1.29, 1.82) is 0 Å². The van der Waals surface area contributed by atoms with Gasteiger partial charge in [0.15, 0.2) is 0 Å². The molecule has 0 radical (unpaired) electrons. The van der Waals surface area contributed by atoms with Gasteiger partial charge in [0, 0.05) is 6.54 Å². The fraction of sp³-hybridized carbons (Fsp3) is 0.636. The molecule has 106 valence electrons. The predicted molar refractivity (Wildman–Crippen MR) is 69.3 cm³/mol. The molecule has 0 fully saturated rings. The highest BCUT2D eigenvalue weighted by molar-refractivity contribution is 5.76. The second-order valence-corrected chi connectivity index (χ2v) is 4.95. The van der Waals surface area contributed by atoms with Gasteiger partial charge in [-0.05, 0) is 17.8 Å². The molecule has 0 aliphatic heterocycles. The quantitative estimate of drug-likeness (QED) is 0.568. The van der Waals surface area contributed by atoms with Gasteiger partial charge in [0.2, 0.25) is 5.91 Å². The molecule has 1 atom stereocenters. The molecule has 8 nitrogen and oxygen atoms in total. The zero-order valence-corrected chi connectivity index (χ0v) is 11.3. The van der Waals surface area contributed by atoms with Gasteiger partial charge in [0.25, 0.3) is 0 Å². The number of carbonyl (C=O) groups excluding carboxylic acids is 1. The summed E-state index contributed by atoms with van der Waals surface area (Å²) in [5.74, 6) is -0.383. The van der Waals surface area contributed by atoms with Gasteiger partial charge in [0.05, 0.1) is 22.9 Å². The molecular formula is C11H19N5O3. The lowest BCUT2D eigenvalue weighted by atomic mass is 9.88. The van der Waals surface area contributed by atoms with E-state index in [-0.39, 0.29) is 24.2 Å². The molecule has 8 heteroatoms. The molecule has 1 rings (SSSR count). The van der Waals surface area contributed by atoms with Gasteiger partial charge in [-0.25, -0.2) is 0 Å². The summed E-state index contributed by atoms with van der Waals surface area (Å²) in [7, 11) is 0. The number of carbonyl (C=O) groups is 1. The molecule has 0 spiro atoms. The molecule has 1 heterocycles. The monoisotopic (exact) mass is 269 g/mol. The highest BCUT2D eigenvalue weighted by Crippen LogP contribution is 2.14. The van der Waals surface area contributed by atoms with Crippen LogP contribution in [-0.2, 0) is 11.3 Å². The SMILES string of the molecule is CC(C)C(C)(CN)NC(=O)Cn1ccc([N+](=O)[O-])n1. The second kappa shape index (κ2) is 5.79. The molecule has 0 aliphatic carbocycles. The first-order valence-corrected chi connectivity index (χ1v) is 5.97. The van der Waals surface area contributed by atoms with E-state index >= 15 is 0 Å². The third kappa shape index (κ3) is 3.75. The van der Waals surface area contributed by atoms with E-state index in [9.17, 15) is 14.9 Å². The van der Waals surface area contributed by atoms with Crippen LogP contribution in [0.5, 0.6) is 0 Å². The Morgan fingerprint density at radius 2 is 2.32 bits per heavy atom. The van der Waals surface area contributed by atoms with Gasteiger partial charge >= 0.3 is 5.82 Å². The first-order chi connectivity index (χ1) is 8.78. The Balaban J connectivity index is 2.66. The normalized spacial score (nSPS) is 14.2. The minimum atomic E-state index is -0.605. The summed E-state index contributed by atoms with van der Waals surface area (Å²) in [6.45, 7) is 6.03. The molecule has 1 aromatic rings. The van der Waals surface area contributed by atoms with Gasteiger partial charge in [-0.15, -0.1) is 0 Å². The van der Waals surface area contributed by atoms with Gasteiger partial charge < -0.3 is 21.2 Å². The molecule has 0 bridgehead atoms. The summed E-state index contributed by atoms with van der Waals surface area (Å²) in [6.07, 6.45) is 1.40. The molecule has 0 aliphatic rings. The zero-order valence-electron chi connectivity index (χ0n) is 11.3. The van der Waals surface area contributed by atoms with Crippen LogP contribution in [0.4, 0.5) is 5.82 Å². The smallest absolute Gasteiger partial charge is 0.358 e. The Morgan fingerprint density at radius 3 is 2.74 bits per heavy atom. The summed E-state index contributed by atoms with van der Waals surface area (Å²) in [5.41, 5.74) is 5.16. The highest BCUT2D eigenvalue weighted by atomic mass is 16.6. The fourth-order valence-corrected chi connectivity index (χ4v) is 1.47. The van der Waals surface area contributed by atoms with Crippen molar-refractivity contribution >= 4 is 11.7 Å². The van der Waals surface area contributed by atoms with Gasteiger partial charge in [-0.2, -0.15) is 4.68 Å². The number of rotatable bonds is 6. The molecule has 1 unspecified atom stereocenters. The van der Waals surface area contributed by atoms with E-state index < -0.39 is 10.5 Å². The van der Waals surface area contributed by atoms with Crippen LogP contribution in [0.2, 0.25) is 0 Å². The molecule has 0 saturated heterocycles. The zero-order chi connectivity index (χ0) is 14.6. The lowest BCUT2D eigenvalue weighted by Gasteiger charge is -2.33. The van der Waals surface area contributed by atoms with Crippen molar-refractivity contribution in [3.05, 3.63) is 22.4 Å². The summed E-state index contributed by atoms with van der Waals surface area (Å²) in [5, 5.41) is 17.0. The first kappa shape index (κ1) is 15.1. The van der Waals surface area contributed by atoms with Crippen molar-refractivity contribution in [2.75, 3.05) is 6.54 Å². The van der Waals surface area contributed by atoms with Gasteiger partial charge in [-0.1, -0.05) is 13.8 Å². The minimum Gasteiger partial charge on any atom is -0.358 e. The number of aromatic nitrogens is 2. The van der Waals surface area contributed by atoms with Crippen LogP contribution >= 0.6 is 0 Å². The number of nitrogens with zero attached hydrogens (tertiary/aromatic N) is 3. The maximum Gasteiger partial charge on any atom is 0.389 e.